The Kier molecular flexibility index (Phi) is 22.0. The normalized spacial score (nSPS) is 13.9. The molecular weight excluding hydrogens is 717 g/mol. The number of rotatable bonds is 26. The molecule has 1 aliphatic rings. The van der Waals surface area contributed by atoms with E-state index in [4.69, 9.17) is 17.0 Å². The zero-order chi connectivity index (χ0) is 38.2. The summed E-state index contributed by atoms with van der Waals surface area (Å²) in [6, 6.07) is 18.3. The molecule has 1 amide bonds. The molecule has 0 radical (unpaired) electrons. The standard InChI is InChI=1S/C44H60N2O4S3/c1-3-4-5-6-7-8-9-10-11-16-33-52-43(51)53-44(2,35-45)30-29-40(48)23-18-32-50-31-17-22-39(47)27-28-42(49)46-34-38-21-13-12-19-36(38)25-26-37-20-14-15-24-41(37)46/h12-15,19-21,24-26H,3-11,16-18,22-23,27-34H2,1-2H3/b26-25-. The summed E-state index contributed by atoms with van der Waals surface area (Å²) in [5.41, 5.74) is 3.99. The van der Waals surface area contributed by atoms with E-state index in [1.54, 1.807) is 16.7 Å². The molecule has 0 saturated carbocycles. The molecule has 3 rings (SSSR count). The molecule has 2 aromatic carbocycles. The summed E-state index contributed by atoms with van der Waals surface area (Å²) in [6.45, 7) is 5.49. The Bertz CT molecular complexity index is 1520. The number of Topliss-reactive ketones (excluding diaryl/α,β-unsaturated/α-hetero) is 2. The van der Waals surface area contributed by atoms with Gasteiger partial charge in [0.15, 0.2) is 0 Å². The number of thioether (sulfide) groups is 2. The van der Waals surface area contributed by atoms with Crippen LogP contribution >= 0.6 is 35.7 Å². The number of amides is 1. The van der Waals surface area contributed by atoms with Crippen molar-refractivity contribution in [3.63, 3.8) is 0 Å². The molecule has 1 heterocycles. The first kappa shape index (κ1) is 44.6. The van der Waals surface area contributed by atoms with Gasteiger partial charge in [-0.05, 0) is 61.1 Å². The molecule has 288 valence electrons. The molecule has 1 atom stereocenters. The van der Waals surface area contributed by atoms with Gasteiger partial charge in [0.2, 0.25) is 5.91 Å². The predicted molar refractivity (Wildman–Crippen MR) is 229 cm³/mol. The zero-order valence-corrected chi connectivity index (χ0v) is 34.5. The SMILES string of the molecule is CCCCCCCCCCCCSC(=S)SC(C)(C#N)CCC(=O)CCCOCCCC(=O)CCC(=O)N1Cc2ccccc2/C=C\c2ccccc21. The molecule has 0 N–H and O–H groups in total. The van der Waals surface area contributed by atoms with E-state index in [1.165, 1.54) is 69.5 Å². The van der Waals surface area contributed by atoms with Crippen molar-refractivity contribution in [3.8, 4) is 6.07 Å². The fraction of sp³-hybridized carbons (Fsp3) is 0.568. The second-order valence-corrected chi connectivity index (χ2v) is 18.0. The van der Waals surface area contributed by atoms with Crippen LogP contribution in [0.2, 0.25) is 0 Å². The highest BCUT2D eigenvalue weighted by atomic mass is 32.2. The van der Waals surface area contributed by atoms with Crippen molar-refractivity contribution in [1.82, 2.24) is 0 Å². The molecule has 2 aromatic rings. The highest BCUT2D eigenvalue weighted by molar-refractivity contribution is 8.47. The van der Waals surface area contributed by atoms with E-state index in [0.717, 1.165) is 38.1 Å². The van der Waals surface area contributed by atoms with Gasteiger partial charge in [-0.1, -0.05) is 143 Å². The van der Waals surface area contributed by atoms with E-state index in [2.05, 4.69) is 25.1 Å². The minimum atomic E-state index is -0.703. The number of nitrogens with zero attached hydrogens (tertiary/aromatic N) is 2. The minimum Gasteiger partial charge on any atom is -0.381 e. The monoisotopic (exact) mass is 776 g/mol. The van der Waals surface area contributed by atoms with E-state index < -0.39 is 4.75 Å². The van der Waals surface area contributed by atoms with Crippen molar-refractivity contribution in [2.24, 2.45) is 0 Å². The average Bonchev–Trinajstić information content (AvgIpc) is 3.15. The lowest BCUT2D eigenvalue weighted by Crippen LogP contribution is -2.32. The van der Waals surface area contributed by atoms with Crippen LogP contribution in [0.5, 0.6) is 0 Å². The van der Waals surface area contributed by atoms with E-state index in [1.807, 2.05) is 55.5 Å². The van der Waals surface area contributed by atoms with Crippen molar-refractivity contribution >= 4 is 74.6 Å². The maximum atomic E-state index is 13.4. The Labute approximate surface area is 333 Å². The van der Waals surface area contributed by atoms with Gasteiger partial charge in [-0.25, -0.2) is 0 Å². The van der Waals surface area contributed by atoms with Gasteiger partial charge in [-0.15, -0.1) is 11.8 Å². The number of hydrogen-bond acceptors (Lipinski definition) is 8. The molecule has 1 unspecified atom stereocenters. The molecule has 0 bridgehead atoms. The summed E-state index contributed by atoms with van der Waals surface area (Å²) < 4.78 is 5.79. The van der Waals surface area contributed by atoms with Crippen LogP contribution in [0.3, 0.4) is 0 Å². The number of fused-ring (bicyclic) bond motifs is 2. The van der Waals surface area contributed by atoms with Gasteiger partial charge in [0.1, 0.15) is 19.8 Å². The molecule has 53 heavy (non-hydrogen) atoms. The van der Waals surface area contributed by atoms with Gasteiger partial charge >= 0.3 is 0 Å². The molecule has 9 heteroatoms. The lowest BCUT2D eigenvalue weighted by molar-refractivity contribution is -0.124. The first-order valence-corrected chi connectivity index (χ1v) is 22.0. The summed E-state index contributed by atoms with van der Waals surface area (Å²) in [4.78, 5) is 40.4. The van der Waals surface area contributed by atoms with Gasteiger partial charge < -0.3 is 9.64 Å². The van der Waals surface area contributed by atoms with Crippen molar-refractivity contribution < 1.29 is 19.1 Å². The molecule has 0 fully saturated rings. The van der Waals surface area contributed by atoms with Crippen LogP contribution in [0, 0.1) is 11.3 Å². The predicted octanol–water partition coefficient (Wildman–Crippen LogP) is 11.9. The summed E-state index contributed by atoms with van der Waals surface area (Å²) >= 11 is 8.66. The number of ketones is 2. The van der Waals surface area contributed by atoms with Crippen LogP contribution in [0.25, 0.3) is 12.2 Å². The highest BCUT2D eigenvalue weighted by Crippen LogP contribution is 2.35. The number of benzene rings is 2. The number of hydrogen-bond donors (Lipinski definition) is 0. The second kappa shape index (κ2) is 26.1. The van der Waals surface area contributed by atoms with Crippen molar-refractivity contribution in [2.75, 3.05) is 23.9 Å². The fourth-order valence-corrected chi connectivity index (χ4v) is 9.29. The number of nitriles is 1. The summed E-state index contributed by atoms with van der Waals surface area (Å²) in [5.74, 6) is 1.10. The molecule has 0 aliphatic carbocycles. The second-order valence-electron chi connectivity index (χ2n) is 14.2. The molecule has 0 saturated heterocycles. The summed E-state index contributed by atoms with van der Waals surface area (Å²) in [7, 11) is 0. The number of para-hydroxylation sites is 1. The number of carbonyl (C=O) groups excluding carboxylic acids is 3. The molecule has 0 spiro atoms. The molecular formula is C44H60N2O4S3. The zero-order valence-electron chi connectivity index (χ0n) is 32.1. The maximum absolute atomic E-state index is 13.4. The summed E-state index contributed by atoms with van der Waals surface area (Å²) in [6.07, 6.45) is 20.4. The van der Waals surface area contributed by atoms with Crippen LogP contribution in [0.15, 0.2) is 48.5 Å². The fourth-order valence-electron chi connectivity index (χ4n) is 6.31. The van der Waals surface area contributed by atoms with Crippen molar-refractivity contribution in [3.05, 3.63) is 65.2 Å². The van der Waals surface area contributed by atoms with Gasteiger partial charge in [-0.2, -0.15) is 5.26 Å². The highest BCUT2D eigenvalue weighted by Gasteiger charge is 2.28. The van der Waals surface area contributed by atoms with Crippen molar-refractivity contribution in [1.29, 1.82) is 5.26 Å². The third kappa shape index (κ3) is 17.9. The van der Waals surface area contributed by atoms with Gasteiger partial charge in [0, 0.05) is 45.3 Å². The Hall–Kier alpha value is -2.77. The molecule has 6 nitrogen and oxygen atoms in total. The summed E-state index contributed by atoms with van der Waals surface area (Å²) in [5, 5.41) is 9.83. The molecule has 1 aliphatic heterocycles. The number of carbonyl (C=O) groups is 3. The Morgan fingerprint density at radius 2 is 1.36 bits per heavy atom. The Balaban J connectivity index is 1.22. The molecule has 0 aromatic heterocycles. The number of anilines is 1. The van der Waals surface area contributed by atoms with Crippen LogP contribution in [-0.2, 0) is 25.7 Å². The lowest BCUT2D eigenvalue weighted by atomic mass is 10.0. The van der Waals surface area contributed by atoms with Crippen LogP contribution in [0.1, 0.15) is 146 Å². The van der Waals surface area contributed by atoms with Crippen LogP contribution < -0.4 is 4.90 Å². The van der Waals surface area contributed by atoms with Crippen molar-refractivity contribution in [2.45, 2.75) is 141 Å². The van der Waals surface area contributed by atoms with Crippen LogP contribution in [-0.4, -0.2) is 44.7 Å². The van der Waals surface area contributed by atoms with E-state index >= 15 is 0 Å². The van der Waals surface area contributed by atoms with Crippen LogP contribution in [0.4, 0.5) is 5.69 Å². The van der Waals surface area contributed by atoms with E-state index in [-0.39, 0.29) is 30.3 Å². The number of thiocarbonyl (C=S) groups is 1. The number of ether oxygens (including phenoxy) is 1. The lowest BCUT2D eigenvalue weighted by Gasteiger charge is -2.27. The average molecular weight is 777 g/mol. The largest absolute Gasteiger partial charge is 0.381 e. The quantitative estimate of drug-likeness (QED) is 0.0689. The van der Waals surface area contributed by atoms with E-state index in [9.17, 15) is 19.6 Å². The minimum absolute atomic E-state index is 0.0489. The number of unbranched alkanes of at least 4 members (excludes halogenated alkanes) is 9. The first-order chi connectivity index (χ1) is 25.7. The Morgan fingerprint density at radius 3 is 2.04 bits per heavy atom. The smallest absolute Gasteiger partial charge is 0.227 e. The maximum Gasteiger partial charge on any atom is 0.227 e. The van der Waals surface area contributed by atoms with Gasteiger partial charge in [-0.3, -0.25) is 14.4 Å². The van der Waals surface area contributed by atoms with E-state index in [0.29, 0.717) is 58.3 Å². The third-order valence-corrected chi connectivity index (χ3v) is 12.5. The third-order valence-electron chi connectivity index (χ3n) is 9.60. The topological polar surface area (TPSA) is 87.5 Å². The Morgan fingerprint density at radius 1 is 0.774 bits per heavy atom. The van der Waals surface area contributed by atoms with Gasteiger partial charge in [0.05, 0.1) is 18.3 Å². The van der Waals surface area contributed by atoms with Gasteiger partial charge in [0.25, 0.3) is 0 Å². The first-order valence-electron chi connectivity index (χ1n) is 19.8.